The van der Waals surface area contributed by atoms with E-state index in [-0.39, 0.29) is 18.1 Å². The molecule has 0 aliphatic carbocycles. The lowest BCUT2D eigenvalue weighted by Crippen LogP contribution is -2.36. The van der Waals surface area contributed by atoms with Crippen LogP contribution in [0.5, 0.6) is 11.5 Å². The van der Waals surface area contributed by atoms with Crippen molar-refractivity contribution in [3.05, 3.63) is 70.1 Å². The first-order valence-electron chi connectivity index (χ1n) is 7.61. The molecule has 0 heterocycles. The highest BCUT2D eigenvalue weighted by Crippen LogP contribution is 2.21. The molecule has 0 saturated carbocycles. The fraction of sp³-hybridized carbons (Fsp3) is 0.167. The fourth-order valence-corrected chi connectivity index (χ4v) is 2.34. The van der Waals surface area contributed by atoms with Crippen LogP contribution in [-0.2, 0) is 16.1 Å². The standard InChI is InChI=1S/C18H20BrN3O4/c1-24-14-7-3-12(4-8-14)11-22(21)17(16(20)18(23)25-2)26-15-9-5-13(19)6-10-15/h3-10H,11,20-21H2,1-2H3/b17-16+. The molecule has 0 fully saturated rings. The Morgan fingerprint density at radius 2 is 1.62 bits per heavy atom. The van der Waals surface area contributed by atoms with Gasteiger partial charge in [-0.15, -0.1) is 0 Å². The van der Waals surface area contributed by atoms with Crippen molar-refractivity contribution in [3.63, 3.8) is 0 Å². The first-order chi connectivity index (χ1) is 12.4. The first-order valence-corrected chi connectivity index (χ1v) is 8.40. The molecule has 0 radical (unpaired) electrons. The average Bonchev–Trinajstić information content (AvgIpc) is 2.66. The van der Waals surface area contributed by atoms with E-state index in [1.807, 2.05) is 24.3 Å². The van der Waals surface area contributed by atoms with Gasteiger partial charge < -0.3 is 19.9 Å². The maximum atomic E-state index is 11.8. The molecule has 0 spiro atoms. The van der Waals surface area contributed by atoms with Gasteiger partial charge in [0, 0.05) is 4.47 Å². The number of rotatable bonds is 7. The third-order valence-electron chi connectivity index (χ3n) is 3.44. The van der Waals surface area contributed by atoms with Crippen LogP contribution in [0.1, 0.15) is 5.56 Å². The summed E-state index contributed by atoms with van der Waals surface area (Å²) in [6.07, 6.45) is 0. The van der Waals surface area contributed by atoms with Crippen molar-refractivity contribution in [3.8, 4) is 11.5 Å². The zero-order chi connectivity index (χ0) is 19.1. The van der Waals surface area contributed by atoms with Crippen LogP contribution in [0.2, 0.25) is 0 Å². The quantitative estimate of drug-likeness (QED) is 0.233. The summed E-state index contributed by atoms with van der Waals surface area (Å²) in [6, 6.07) is 14.4. The normalized spacial score (nSPS) is 11.4. The molecule has 0 aromatic heterocycles. The summed E-state index contributed by atoms with van der Waals surface area (Å²) in [5, 5.41) is 1.25. The van der Waals surface area contributed by atoms with Crippen molar-refractivity contribution < 1.29 is 19.0 Å². The van der Waals surface area contributed by atoms with Crippen LogP contribution < -0.4 is 21.1 Å². The van der Waals surface area contributed by atoms with Crippen LogP contribution in [0.25, 0.3) is 0 Å². The molecule has 26 heavy (non-hydrogen) atoms. The summed E-state index contributed by atoms with van der Waals surface area (Å²) in [4.78, 5) is 11.8. The third-order valence-corrected chi connectivity index (χ3v) is 3.97. The Hall–Kier alpha value is -2.71. The number of nitrogens with two attached hydrogens (primary N) is 2. The maximum absolute atomic E-state index is 11.8. The van der Waals surface area contributed by atoms with E-state index in [1.165, 1.54) is 12.1 Å². The topological polar surface area (TPSA) is 100 Å². The van der Waals surface area contributed by atoms with Crippen LogP contribution in [0, 0.1) is 0 Å². The van der Waals surface area contributed by atoms with Crippen molar-refractivity contribution in [2.45, 2.75) is 6.54 Å². The molecule has 138 valence electrons. The smallest absolute Gasteiger partial charge is 0.359 e. The molecular formula is C18H20BrN3O4. The molecule has 2 rings (SSSR count). The molecule has 4 N–H and O–H groups in total. The number of hydrazine groups is 1. The summed E-state index contributed by atoms with van der Waals surface area (Å²) >= 11 is 3.35. The van der Waals surface area contributed by atoms with Crippen molar-refractivity contribution in [1.29, 1.82) is 0 Å². The number of nitrogens with zero attached hydrogens (tertiary/aromatic N) is 1. The number of carbonyl (C=O) groups excluding carboxylic acids is 1. The van der Waals surface area contributed by atoms with Crippen molar-refractivity contribution in [2.75, 3.05) is 14.2 Å². The Labute approximate surface area is 160 Å². The van der Waals surface area contributed by atoms with Gasteiger partial charge in [0.2, 0.25) is 5.88 Å². The highest BCUT2D eigenvalue weighted by Gasteiger charge is 2.20. The number of ether oxygens (including phenoxy) is 3. The summed E-state index contributed by atoms with van der Waals surface area (Å²) in [5.74, 6) is 6.58. The number of carbonyl (C=O) groups is 1. The van der Waals surface area contributed by atoms with Gasteiger partial charge in [-0.1, -0.05) is 28.1 Å². The lowest BCUT2D eigenvalue weighted by molar-refractivity contribution is -0.136. The van der Waals surface area contributed by atoms with Crippen LogP contribution in [0.4, 0.5) is 0 Å². The van der Waals surface area contributed by atoms with Crippen molar-refractivity contribution in [1.82, 2.24) is 5.01 Å². The van der Waals surface area contributed by atoms with Crippen LogP contribution in [0.15, 0.2) is 64.6 Å². The van der Waals surface area contributed by atoms with Gasteiger partial charge in [0.1, 0.15) is 11.5 Å². The molecule has 0 saturated heterocycles. The van der Waals surface area contributed by atoms with Crippen molar-refractivity contribution in [2.24, 2.45) is 11.6 Å². The fourth-order valence-electron chi connectivity index (χ4n) is 2.08. The molecule has 0 atom stereocenters. The van der Waals surface area contributed by atoms with Crippen LogP contribution in [0.3, 0.4) is 0 Å². The maximum Gasteiger partial charge on any atom is 0.359 e. The predicted octanol–water partition coefficient (Wildman–Crippen LogP) is 2.51. The lowest BCUT2D eigenvalue weighted by Gasteiger charge is -2.23. The average molecular weight is 422 g/mol. The zero-order valence-electron chi connectivity index (χ0n) is 14.4. The van der Waals surface area contributed by atoms with E-state index >= 15 is 0 Å². The second-order valence-corrected chi connectivity index (χ2v) is 6.16. The van der Waals surface area contributed by atoms with E-state index < -0.39 is 5.97 Å². The number of hydrogen-bond acceptors (Lipinski definition) is 7. The van der Waals surface area contributed by atoms with Gasteiger partial charge in [-0.2, -0.15) is 0 Å². The Morgan fingerprint density at radius 3 is 2.15 bits per heavy atom. The minimum atomic E-state index is -0.734. The van der Waals surface area contributed by atoms with Gasteiger partial charge >= 0.3 is 5.97 Å². The SMILES string of the molecule is COC(=O)/C(N)=C(\Oc1ccc(Br)cc1)N(N)Cc1ccc(OC)cc1. The van der Waals surface area contributed by atoms with Gasteiger partial charge in [0.15, 0.2) is 5.70 Å². The highest BCUT2D eigenvalue weighted by molar-refractivity contribution is 9.10. The molecule has 7 nitrogen and oxygen atoms in total. The van der Waals surface area contributed by atoms with Gasteiger partial charge in [-0.05, 0) is 42.0 Å². The van der Waals surface area contributed by atoms with Gasteiger partial charge in [-0.3, -0.25) is 5.01 Å². The largest absolute Gasteiger partial charge is 0.497 e. The third kappa shape index (κ3) is 5.14. The highest BCUT2D eigenvalue weighted by atomic mass is 79.9. The molecule has 0 aliphatic rings. The number of esters is 1. The molecule has 0 unspecified atom stereocenters. The zero-order valence-corrected chi connectivity index (χ0v) is 16.0. The molecule has 2 aromatic rings. The molecular weight excluding hydrogens is 402 g/mol. The van der Waals surface area contributed by atoms with Gasteiger partial charge in [0.25, 0.3) is 0 Å². The predicted molar refractivity (Wildman–Crippen MR) is 101 cm³/mol. The number of halogens is 1. The molecule has 2 aromatic carbocycles. The van der Waals surface area contributed by atoms with E-state index in [2.05, 4.69) is 20.7 Å². The first kappa shape index (κ1) is 19.6. The van der Waals surface area contributed by atoms with Gasteiger partial charge in [-0.25, -0.2) is 10.6 Å². The molecule has 0 amide bonds. The van der Waals surface area contributed by atoms with E-state index in [9.17, 15) is 4.79 Å². The van der Waals surface area contributed by atoms with Crippen molar-refractivity contribution >= 4 is 21.9 Å². The molecule has 0 bridgehead atoms. The lowest BCUT2D eigenvalue weighted by atomic mass is 10.2. The summed E-state index contributed by atoms with van der Waals surface area (Å²) in [5.41, 5.74) is 6.53. The van der Waals surface area contributed by atoms with Gasteiger partial charge in [0.05, 0.1) is 20.8 Å². The number of methoxy groups -OCH3 is 2. The molecule has 0 aliphatic heterocycles. The number of benzene rings is 2. The minimum absolute atomic E-state index is 0.00464. The summed E-state index contributed by atoms with van der Waals surface area (Å²) in [7, 11) is 2.82. The second kappa shape index (κ2) is 9.12. The summed E-state index contributed by atoms with van der Waals surface area (Å²) in [6.45, 7) is 0.257. The summed E-state index contributed by atoms with van der Waals surface area (Å²) < 4.78 is 16.4. The van der Waals surface area contributed by atoms with E-state index in [0.717, 1.165) is 15.8 Å². The second-order valence-electron chi connectivity index (χ2n) is 5.24. The Bertz CT molecular complexity index is 776. The van der Waals surface area contributed by atoms with Crippen LogP contribution in [-0.4, -0.2) is 25.2 Å². The monoisotopic (exact) mass is 421 g/mol. The van der Waals surface area contributed by atoms with E-state index in [1.54, 1.807) is 31.4 Å². The number of hydrogen-bond donors (Lipinski definition) is 2. The molecule has 8 heteroatoms. The van der Waals surface area contributed by atoms with E-state index in [4.69, 9.17) is 21.1 Å². The Kier molecular flexibility index (Phi) is 6.88. The van der Waals surface area contributed by atoms with Crippen LogP contribution >= 0.6 is 15.9 Å². The Morgan fingerprint density at radius 1 is 1.04 bits per heavy atom. The van der Waals surface area contributed by atoms with E-state index in [0.29, 0.717) is 5.75 Å². The minimum Gasteiger partial charge on any atom is -0.497 e. The Balaban J connectivity index is 2.26.